The molecule has 230 valence electrons. The molecule has 0 atom stereocenters. The fourth-order valence-electron chi connectivity index (χ4n) is 2.62. The normalized spacial score (nSPS) is 9.22. The van der Waals surface area contributed by atoms with E-state index in [2.05, 4.69) is 0 Å². The summed E-state index contributed by atoms with van der Waals surface area (Å²) in [5, 5.41) is 72.0. The number of rotatable bonds is 15. The van der Waals surface area contributed by atoms with Gasteiger partial charge in [0.25, 0.3) is 0 Å². The number of nitrogens with one attached hydrogen (secondary N) is 6. The molecule has 41 heavy (non-hydrogen) atoms. The second kappa shape index (κ2) is 32.8. The molecular weight excluding hydrogens is 817 g/mol. The second-order valence-electron chi connectivity index (χ2n) is 7.68. The molecule has 0 aliphatic carbocycles. The molecule has 0 aromatic rings. The number of carboxylic acid groups (broad SMARTS) is 6. The van der Waals surface area contributed by atoms with Crippen molar-refractivity contribution in [3.8, 4) is 0 Å². The van der Waals surface area contributed by atoms with Crippen LogP contribution in [0.2, 0.25) is 0 Å². The second-order valence-corrected chi connectivity index (χ2v) is 7.68. The van der Waals surface area contributed by atoms with Crippen LogP contribution in [0.25, 0.3) is 0 Å². The topological polar surface area (TPSA) is 313 Å². The Hall–Kier alpha value is -1.68. The van der Waals surface area contributed by atoms with Crippen LogP contribution < -0.4 is 62.5 Å². The molecule has 0 bridgehead atoms. The Kier molecular flexibility index (Phi) is 39.3. The predicted octanol–water partition coefficient (Wildman–Crippen LogP) is -4.89. The van der Waals surface area contributed by atoms with Gasteiger partial charge in [-0.15, -0.1) is 0 Å². The maximum atomic E-state index is 10.1. The van der Waals surface area contributed by atoms with E-state index in [-0.39, 0.29) is 81.7 Å². The quantitative estimate of drug-likeness (QED) is 0.0846. The molecule has 2 radical (unpaired) electrons. The summed E-state index contributed by atoms with van der Waals surface area (Å²) >= 11 is 0. The summed E-state index contributed by atoms with van der Waals surface area (Å²) in [6, 6.07) is 0. The molecular formula is C21H36N6Nd2O12. The van der Waals surface area contributed by atoms with Gasteiger partial charge in [0.05, 0.1) is 18.5 Å². The van der Waals surface area contributed by atoms with Crippen molar-refractivity contribution in [2.24, 2.45) is 0 Å². The van der Waals surface area contributed by atoms with Crippen molar-refractivity contribution in [3.05, 3.63) is 0 Å². The van der Waals surface area contributed by atoms with Crippen LogP contribution in [0.5, 0.6) is 0 Å². The van der Waals surface area contributed by atoms with Gasteiger partial charge in [0.2, 0.25) is 0 Å². The third-order valence-electron chi connectivity index (χ3n) is 4.29. The number of hydrogen-bond donors (Lipinski definition) is 6. The van der Waals surface area contributed by atoms with Gasteiger partial charge in [-0.05, 0) is 38.5 Å². The number of unbranched alkanes of at least 4 members (excludes halogenated alkanes) is 3. The average Bonchev–Trinajstić information content (AvgIpc) is 2.78. The van der Waals surface area contributed by atoms with Crippen LogP contribution in [-0.2, 0) is 0 Å². The smallest absolute Gasteiger partial charge is 0.530 e. The molecule has 0 unspecified atom stereocenters. The van der Waals surface area contributed by atoms with Gasteiger partial charge in [0.15, 0.2) is 0 Å². The largest absolute Gasteiger partial charge is 3.00 e. The average molecular weight is 853 g/mol. The van der Waals surface area contributed by atoms with Crippen molar-refractivity contribution in [3.63, 3.8) is 0 Å². The van der Waals surface area contributed by atoms with Crippen molar-refractivity contribution < 1.29 is 141 Å². The Labute approximate surface area is 303 Å². The van der Waals surface area contributed by atoms with E-state index in [9.17, 15) is 59.4 Å². The predicted molar refractivity (Wildman–Crippen MR) is 121 cm³/mol. The first-order chi connectivity index (χ1) is 18.2. The number of amides is 6. The van der Waals surface area contributed by atoms with Gasteiger partial charge in [-0.3, -0.25) is 0 Å². The van der Waals surface area contributed by atoms with Crippen LogP contribution in [0.15, 0.2) is 0 Å². The molecule has 18 nitrogen and oxygen atoms in total. The Bertz CT molecular complexity index is 609. The van der Waals surface area contributed by atoms with E-state index >= 15 is 0 Å². The fraction of sp³-hybridized carbons (Fsp3) is 0.714. The van der Waals surface area contributed by atoms with Gasteiger partial charge >= 0.3 is 81.7 Å². The molecule has 0 rings (SSSR count). The van der Waals surface area contributed by atoms with Crippen LogP contribution in [0, 0.1) is 81.7 Å². The summed E-state index contributed by atoms with van der Waals surface area (Å²) in [5.74, 6) is 0. The van der Waals surface area contributed by atoms with Crippen LogP contribution >= 0.6 is 0 Å². The SMILES string of the molecule is CCCCC(NC(=O)[O-])NC(=O)[O-].CCCCC(NC(=O)[O-])NC(=O)[O-].CCCCC(NC(=O)[O-])NC(=O)[O-].[Nd+3].[Nd+3]. The van der Waals surface area contributed by atoms with E-state index < -0.39 is 55.1 Å². The first-order valence-corrected chi connectivity index (χ1v) is 12.0. The zero-order valence-electron chi connectivity index (χ0n) is 23.0. The molecule has 0 aliphatic heterocycles. The maximum Gasteiger partial charge on any atom is 3.00 e. The van der Waals surface area contributed by atoms with Crippen LogP contribution in [0.1, 0.15) is 78.6 Å². The zero-order chi connectivity index (χ0) is 30.8. The number of carbonyl (C=O) groups excluding carboxylic acids is 6. The minimum Gasteiger partial charge on any atom is -0.530 e. The van der Waals surface area contributed by atoms with E-state index in [0.29, 0.717) is 38.5 Å². The van der Waals surface area contributed by atoms with Gasteiger partial charge < -0.3 is 91.3 Å². The Balaban J connectivity index is -0.000000154. The molecule has 20 heteroatoms. The summed E-state index contributed by atoms with van der Waals surface area (Å²) in [5.41, 5.74) is 0. The Morgan fingerprint density at radius 1 is 0.415 bits per heavy atom. The molecule has 0 aromatic carbocycles. The van der Waals surface area contributed by atoms with E-state index in [4.69, 9.17) is 0 Å². The minimum absolute atomic E-state index is 0. The van der Waals surface area contributed by atoms with Gasteiger partial charge in [-0.1, -0.05) is 40.0 Å². The summed E-state index contributed by atoms with van der Waals surface area (Å²) in [6.45, 7) is 5.74. The first-order valence-electron chi connectivity index (χ1n) is 12.0. The van der Waals surface area contributed by atoms with Gasteiger partial charge in [0, 0.05) is 0 Å². The standard InChI is InChI=1S/3C7H14N2O4.2Nd/c3*1-2-3-4-5(8-6(10)11)9-7(12)13;;/h3*5,8-9H,2-4H2,1H3,(H,10,11)(H,12,13);;/q;;;2*+3/p-6. The van der Waals surface area contributed by atoms with Crippen molar-refractivity contribution in [1.29, 1.82) is 0 Å². The molecule has 6 N–H and O–H groups in total. The molecule has 0 aromatic heterocycles. The molecule has 0 saturated carbocycles. The molecule has 0 aliphatic rings. The van der Waals surface area contributed by atoms with E-state index in [1.165, 1.54) is 0 Å². The summed E-state index contributed by atoms with van der Waals surface area (Å²) in [4.78, 5) is 60.5. The molecule has 6 amide bonds. The van der Waals surface area contributed by atoms with E-state index in [1.54, 1.807) is 0 Å². The number of hydrogen-bond acceptors (Lipinski definition) is 12. The monoisotopic (exact) mass is 848 g/mol. The molecule has 0 saturated heterocycles. The van der Waals surface area contributed by atoms with Crippen molar-refractivity contribution in [2.45, 2.75) is 97.1 Å². The first kappa shape index (κ1) is 49.0. The maximum absolute atomic E-state index is 10.1. The van der Waals surface area contributed by atoms with Crippen LogP contribution in [0.3, 0.4) is 0 Å². The third kappa shape index (κ3) is 42.9. The van der Waals surface area contributed by atoms with E-state index in [0.717, 1.165) is 19.3 Å². The molecule has 0 heterocycles. The summed E-state index contributed by atoms with van der Waals surface area (Å²) in [6.07, 6.45) is -5.70. The van der Waals surface area contributed by atoms with Crippen molar-refractivity contribution in [1.82, 2.24) is 31.9 Å². The summed E-state index contributed by atoms with van der Waals surface area (Å²) in [7, 11) is 0. The van der Waals surface area contributed by atoms with Gasteiger partial charge in [-0.25, -0.2) is 0 Å². The van der Waals surface area contributed by atoms with Crippen molar-refractivity contribution >= 4 is 36.6 Å². The molecule has 0 spiro atoms. The van der Waals surface area contributed by atoms with Gasteiger partial charge in [0.1, 0.15) is 36.6 Å². The van der Waals surface area contributed by atoms with Crippen LogP contribution in [-0.4, -0.2) is 55.1 Å². The van der Waals surface area contributed by atoms with E-state index in [1.807, 2.05) is 52.7 Å². The van der Waals surface area contributed by atoms with Gasteiger partial charge in [-0.2, -0.15) is 0 Å². The van der Waals surface area contributed by atoms with Crippen LogP contribution in [0.4, 0.5) is 28.8 Å². The fourth-order valence-corrected chi connectivity index (χ4v) is 2.62. The minimum atomic E-state index is -1.50. The summed E-state index contributed by atoms with van der Waals surface area (Å²) < 4.78 is 0. The third-order valence-corrected chi connectivity index (χ3v) is 4.29. The zero-order valence-corrected chi connectivity index (χ0v) is 29.4. The Morgan fingerprint density at radius 3 is 0.659 bits per heavy atom. The van der Waals surface area contributed by atoms with Crippen molar-refractivity contribution in [2.75, 3.05) is 0 Å². The number of carbonyl (C=O) groups is 6. The Morgan fingerprint density at radius 2 is 0.561 bits per heavy atom. The molecule has 0 fully saturated rings.